The molecule has 0 aliphatic rings. The van der Waals surface area contributed by atoms with Crippen molar-refractivity contribution in [3.63, 3.8) is 0 Å². The molecular weight excluding hydrogens is 248 g/mol. The predicted molar refractivity (Wildman–Crippen MR) is 61.5 cm³/mol. The number of fused-ring (bicyclic) bond motifs is 1. The van der Waals surface area contributed by atoms with Crippen molar-refractivity contribution in [3.05, 3.63) is 36.4 Å². The average Bonchev–Trinajstić information content (AvgIpc) is 2.14. The minimum absolute atomic E-state index is 0.216. The van der Waals surface area contributed by atoms with Gasteiger partial charge in [0.25, 0.3) is 0 Å². The van der Waals surface area contributed by atoms with Crippen molar-refractivity contribution < 1.29 is 27.7 Å². The minimum Gasteiger partial charge on any atom is -0.508 e. The molecule has 2 rings (SSSR count). The van der Waals surface area contributed by atoms with E-state index in [-0.39, 0.29) is 11.5 Å². The molecule has 0 spiro atoms. The quantitative estimate of drug-likeness (QED) is 0.533. The van der Waals surface area contributed by atoms with Gasteiger partial charge in [0.05, 0.1) is 0 Å². The molecule has 0 heterocycles. The van der Waals surface area contributed by atoms with Gasteiger partial charge in [-0.25, -0.2) is 0 Å². The normalized spacial score (nSPS) is 10.7. The summed E-state index contributed by atoms with van der Waals surface area (Å²) in [5.41, 5.74) is 0. The summed E-state index contributed by atoms with van der Waals surface area (Å²) < 4.78 is 31.6. The smallest absolute Gasteiger partial charge is 0.394 e. The predicted octanol–water partition coefficient (Wildman–Crippen LogP) is 1.60. The third-order valence-electron chi connectivity index (χ3n) is 1.81. The van der Waals surface area contributed by atoms with E-state index in [1.807, 2.05) is 12.1 Å². The van der Waals surface area contributed by atoms with E-state index in [9.17, 15) is 0 Å². The highest BCUT2D eigenvalue weighted by Gasteiger charge is 1.95. The second kappa shape index (κ2) is 5.00. The van der Waals surface area contributed by atoms with E-state index in [2.05, 4.69) is 0 Å². The van der Waals surface area contributed by atoms with Crippen LogP contribution in [0.5, 0.6) is 11.5 Å². The van der Waals surface area contributed by atoms with Crippen molar-refractivity contribution in [2.24, 2.45) is 0 Å². The summed E-state index contributed by atoms with van der Waals surface area (Å²) in [7, 11) is -4.67. The van der Waals surface area contributed by atoms with Crippen LogP contribution in [0.1, 0.15) is 0 Å². The van der Waals surface area contributed by atoms with Gasteiger partial charge in [0.2, 0.25) is 0 Å². The molecule has 0 saturated heterocycles. The van der Waals surface area contributed by atoms with Crippen LogP contribution in [0.25, 0.3) is 10.8 Å². The summed E-state index contributed by atoms with van der Waals surface area (Å²) in [6, 6.07) is 10.1. The van der Waals surface area contributed by atoms with Crippen LogP contribution in [-0.2, 0) is 10.4 Å². The van der Waals surface area contributed by atoms with Crippen molar-refractivity contribution in [2.75, 3.05) is 0 Å². The van der Waals surface area contributed by atoms with Crippen molar-refractivity contribution in [2.45, 2.75) is 0 Å². The Hall–Kier alpha value is -1.83. The van der Waals surface area contributed by atoms with E-state index in [1.165, 1.54) is 0 Å². The van der Waals surface area contributed by atoms with Crippen LogP contribution in [0.15, 0.2) is 36.4 Å². The number of rotatable bonds is 0. The second-order valence-corrected chi connectivity index (χ2v) is 4.06. The van der Waals surface area contributed by atoms with Crippen LogP contribution in [0.4, 0.5) is 0 Å². The molecule has 0 fully saturated rings. The number of phenolic OH excluding ortho intramolecular Hbond substituents is 2. The number of benzene rings is 2. The fraction of sp³-hybridized carbons (Fsp3) is 0. The van der Waals surface area contributed by atoms with E-state index in [0.29, 0.717) is 0 Å². The number of phenols is 2. The molecule has 2 aromatic rings. The zero-order chi connectivity index (χ0) is 13.1. The first kappa shape index (κ1) is 13.2. The van der Waals surface area contributed by atoms with E-state index in [4.69, 9.17) is 27.7 Å². The third-order valence-corrected chi connectivity index (χ3v) is 1.81. The average molecular weight is 258 g/mol. The lowest BCUT2D eigenvalue weighted by molar-refractivity contribution is 0.381. The van der Waals surface area contributed by atoms with Crippen molar-refractivity contribution in [1.82, 2.24) is 0 Å². The Labute approximate surface area is 97.3 Å². The molecule has 0 saturated carbocycles. The topological polar surface area (TPSA) is 115 Å². The molecular formula is C10H10O6S. The first-order valence-corrected chi connectivity index (χ1v) is 5.77. The third kappa shape index (κ3) is 5.16. The molecule has 17 heavy (non-hydrogen) atoms. The van der Waals surface area contributed by atoms with E-state index in [1.54, 1.807) is 24.3 Å². The first-order chi connectivity index (χ1) is 7.75. The molecule has 2 aromatic carbocycles. The highest BCUT2D eigenvalue weighted by atomic mass is 32.3. The lowest BCUT2D eigenvalue weighted by atomic mass is 10.1. The molecule has 0 amide bonds. The molecule has 0 radical (unpaired) electrons. The van der Waals surface area contributed by atoms with Gasteiger partial charge in [0, 0.05) is 0 Å². The molecule has 6 nitrogen and oxygen atoms in total. The van der Waals surface area contributed by atoms with Gasteiger partial charge in [-0.15, -0.1) is 0 Å². The Bertz CT molecular complexity index is 575. The molecule has 0 bridgehead atoms. The molecule has 92 valence electrons. The Morgan fingerprint density at radius 3 is 1.47 bits per heavy atom. The molecule has 0 unspecified atom stereocenters. The number of hydrogen-bond donors (Lipinski definition) is 4. The van der Waals surface area contributed by atoms with Gasteiger partial charge < -0.3 is 10.2 Å². The number of aromatic hydroxyl groups is 2. The van der Waals surface area contributed by atoms with Crippen molar-refractivity contribution >= 4 is 21.2 Å². The largest absolute Gasteiger partial charge is 0.508 e. The van der Waals surface area contributed by atoms with Crippen LogP contribution < -0.4 is 0 Å². The second-order valence-electron chi connectivity index (χ2n) is 3.16. The van der Waals surface area contributed by atoms with Crippen molar-refractivity contribution in [3.8, 4) is 11.5 Å². The van der Waals surface area contributed by atoms with Crippen LogP contribution in [0.2, 0.25) is 0 Å². The SMILES string of the molecule is O=S(=O)(O)O.Oc1ccc2ccc(O)cc2c1. The van der Waals surface area contributed by atoms with Gasteiger partial charge in [0.1, 0.15) is 11.5 Å². The summed E-state index contributed by atoms with van der Waals surface area (Å²) in [5, 5.41) is 20.1. The fourth-order valence-corrected chi connectivity index (χ4v) is 1.22. The van der Waals surface area contributed by atoms with Gasteiger partial charge in [-0.1, -0.05) is 12.1 Å². The monoisotopic (exact) mass is 258 g/mol. The van der Waals surface area contributed by atoms with Gasteiger partial charge in [0.15, 0.2) is 0 Å². The summed E-state index contributed by atoms with van der Waals surface area (Å²) in [4.78, 5) is 0. The minimum atomic E-state index is -4.67. The Balaban J connectivity index is 0.000000249. The van der Waals surface area contributed by atoms with E-state index >= 15 is 0 Å². The molecule has 7 heteroatoms. The maximum atomic E-state index is 9.14. The fourth-order valence-electron chi connectivity index (χ4n) is 1.22. The number of hydrogen-bond acceptors (Lipinski definition) is 4. The molecule has 0 aliphatic heterocycles. The zero-order valence-electron chi connectivity index (χ0n) is 8.48. The molecule has 0 aromatic heterocycles. The molecule has 0 atom stereocenters. The van der Waals surface area contributed by atoms with Crippen LogP contribution in [0.3, 0.4) is 0 Å². The lowest BCUT2D eigenvalue weighted by Crippen LogP contribution is -1.89. The Kier molecular flexibility index (Phi) is 3.89. The zero-order valence-corrected chi connectivity index (χ0v) is 9.29. The Morgan fingerprint density at radius 1 is 0.765 bits per heavy atom. The standard InChI is InChI=1S/C10H8O2.H2O4S/c11-9-3-1-7-2-4-10(12)6-8(7)5-9;1-5(2,3)4/h1-6,11-12H;(H2,1,2,3,4). The highest BCUT2D eigenvalue weighted by Crippen LogP contribution is 2.23. The van der Waals surface area contributed by atoms with Crippen LogP contribution in [0, 0.1) is 0 Å². The van der Waals surface area contributed by atoms with Gasteiger partial charge in [-0.3, -0.25) is 9.11 Å². The van der Waals surface area contributed by atoms with Gasteiger partial charge >= 0.3 is 10.4 Å². The van der Waals surface area contributed by atoms with Crippen LogP contribution in [-0.4, -0.2) is 27.7 Å². The highest BCUT2D eigenvalue weighted by molar-refractivity contribution is 7.79. The summed E-state index contributed by atoms with van der Waals surface area (Å²) in [6.07, 6.45) is 0. The van der Waals surface area contributed by atoms with E-state index < -0.39 is 10.4 Å². The van der Waals surface area contributed by atoms with E-state index in [0.717, 1.165) is 10.8 Å². The summed E-state index contributed by atoms with van der Waals surface area (Å²) in [5.74, 6) is 0.432. The maximum Gasteiger partial charge on any atom is 0.394 e. The first-order valence-electron chi connectivity index (χ1n) is 4.37. The summed E-state index contributed by atoms with van der Waals surface area (Å²) in [6.45, 7) is 0. The van der Waals surface area contributed by atoms with Gasteiger partial charge in [-0.05, 0) is 35.0 Å². The van der Waals surface area contributed by atoms with Gasteiger partial charge in [-0.2, -0.15) is 8.42 Å². The summed E-state index contributed by atoms with van der Waals surface area (Å²) >= 11 is 0. The van der Waals surface area contributed by atoms with Crippen molar-refractivity contribution in [1.29, 1.82) is 0 Å². The molecule has 0 aliphatic carbocycles. The van der Waals surface area contributed by atoms with Crippen LogP contribution >= 0.6 is 0 Å². The maximum absolute atomic E-state index is 9.14. The lowest BCUT2D eigenvalue weighted by Gasteiger charge is -1.98. The molecule has 4 N–H and O–H groups in total. The Morgan fingerprint density at radius 2 is 1.12 bits per heavy atom.